The van der Waals surface area contributed by atoms with Gasteiger partial charge in [0.15, 0.2) is 5.88 Å². The Bertz CT molecular complexity index is 453. The minimum absolute atomic E-state index is 0.0185. The SMILES string of the molecule is O/C(=C\c1ccccc1)NC1C=CC=CC=C1. The highest BCUT2D eigenvalue weighted by atomic mass is 16.3. The van der Waals surface area contributed by atoms with E-state index in [1.807, 2.05) is 66.8 Å². The second-order valence-electron chi connectivity index (χ2n) is 3.77. The van der Waals surface area contributed by atoms with Crippen LogP contribution in [0.15, 0.2) is 72.7 Å². The average Bonchev–Trinajstić information content (AvgIpc) is 2.59. The van der Waals surface area contributed by atoms with Crippen molar-refractivity contribution in [2.75, 3.05) is 0 Å². The zero-order valence-corrected chi connectivity index (χ0v) is 9.45. The van der Waals surface area contributed by atoms with Gasteiger partial charge in [0.2, 0.25) is 0 Å². The monoisotopic (exact) mass is 225 g/mol. The molecule has 1 aliphatic rings. The summed E-state index contributed by atoms with van der Waals surface area (Å²) in [4.78, 5) is 0. The quantitative estimate of drug-likeness (QED) is 0.774. The first kappa shape index (κ1) is 11.3. The molecule has 86 valence electrons. The number of hydrogen-bond acceptors (Lipinski definition) is 2. The van der Waals surface area contributed by atoms with Crippen molar-refractivity contribution >= 4 is 6.08 Å². The predicted octanol–water partition coefficient (Wildman–Crippen LogP) is 3.18. The number of nitrogens with one attached hydrogen (secondary N) is 1. The first-order valence-corrected chi connectivity index (χ1v) is 5.58. The van der Waals surface area contributed by atoms with E-state index in [9.17, 15) is 5.11 Å². The first-order chi connectivity index (χ1) is 8.34. The molecule has 1 aromatic rings. The van der Waals surface area contributed by atoms with Crippen LogP contribution in [-0.4, -0.2) is 11.1 Å². The van der Waals surface area contributed by atoms with E-state index in [4.69, 9.17) is 0 Å². The molecule has 1 aromatic carbocycles. The van der Waals surface area contributed by atoms with Crippen LogP contribution in [0.3, 0.4) is 0 Å². The molecule has 0 fully saturated rings. The molecule has 0 heterocycles. The van der Waals surface area contributed by atoms with Gasteiger partial charge in [-0.25, -0.2) is 0 Å². The Kier molecular flexibility index (Phi) is 3.81. The first-order valence-electron chi connectivity index (χ1n) is 5.58. The molecule has 0 atom stereocenters. The minimum Gasteiger partial charge on any atom is -0.495 e. The van der Waals surface area contributed by atoms with Gasteiger partial charge in [-0.15, -0.1) is 0 Å². The molecule has 2 rings (SSSR count). The van der Waals surface area contributed by atoms with Crippen molar-refractivity contribution in [2.45, 2.75) is 6.04 Å². The van der Waals surface area contributed by atoms with Gasteiger partial charge in [0.25, 0.3) is 0 Å². The van der Waals surface area contributed by atoms with Crippen molar-refractivity contribution in [2.24, 2.45) is 0 Å². The van der Waals surface area contributed by atoms with Crippen molar-refractivity contribution in [3.8, 4) is 0 Å². The van der Waals surface area contributed by atoms with Crippen LogP contribution in [0.2, 0.25) is 0 Å². The Morgan fingerprint density at radius 3 is 2.29 bits per heavy atom. The van der Waals surface area contributed by atoms with Crippen molar-refractivity contribution in [1.82, 2.24) is 5.32 Å². The predicted molar refractivity (Wildman–Crippen MR) is 71.4 cm³/mol. The lowest BCUT2D eigenvalue weighted by molar-refractivity contribution is 0.367. The largest absolute Gasteiger partial charge is 0.495 e. The molecular weight excluding hydrogens is 210 g/mol. The molecule has 1 aliphatic carbocycles. The van der Waals surface area contributed by atoms with E-state index in [2.05, 4.69) is 5.32 Å². The van der Waals surface area contributed by atoms with Crippen molar-refractivity contribution < 1.29 is 5.11 Å². The molecule has 2 heteroatoms. The van der Waals surface area contributed by atoms with E-state index >= 15 is 0 Å². The summed E-state index contributed by atoms with van der Waals surface area (Å²) in [6.45, 7) is 0. The zero-order chi connectivity index (χ0) is 11.9. The van der Waals surface area contributed by atoms with Gasteiger partial charge in [-0.2, -0.15) is 0 Å². The molecular formula is C15H15NO. The topological polar surface area (TPSA) is 32.3 Å². The molecule has 0 saturated carbocycles. The fourth-order valence-corrected chi connectivity index (χ4v) is 1.58. The Labute approximate surface area is 101 Å². The number of aliphatic hydroxyl groups is 1. The van der Waals surface area contributed by atoms with E-state index in [1.54, 1.807) is 6.08 Å². The van der Waals surface area contributed by atoms with E-state index in [1.165, 1.54) is 0 Å². The lowest BCUT2D eigenvalue weighted by Crippen LogP contribution is -2.24. The van der Waals surface area contributed by atoms with Crippen LogP contribution in [0.1, 0.15) is 5.56 Å². The summed E-state index contributed by atoms with van der Waals surface area (Å²) in [6, 6.07) is 9.73. The van der Waals surface area contributed by atoms with Crippen LogP contribution in [0.4, 0.5) is 0 Å². The maximum atomic E-state index is 9.81. The van der Waals surface area contributed by atoms with Crippen molar-refractivity contribution in [1.29, 1.82) is 0 Å². The summed E-state index contributed by atoms with van der Waals surface area (Å²) in [5.41, 5.74) is 0.970. The van der Waals surface area contributed by atoms with Gasteiger partial charge >= 0.3 is 0 Å². The molecule has 0 aromatic heterocycles. The van der Waals surface area contributed by atoms with E-state index in [-0.39, 0.29) is 11.9 Å². The third-order valence-electron chi connectivity index (χ3n) is 2.39. The van der Waals surface area contributed by atoms with Gasteiger partial charge < -0.3 is 10.4 Å². The molecule has 0 saturated heterocycles. The summed E-state index contributed by atoms with van der Waals surface area (Å²) in [5.74, 6) is 0.164. The van der Waals surface area contributed by atoms with Crippen molar-refractivity contribution in [3.63, 3.8) is 0 Å². The number of allylic oxidation sites excluding steroid dienone is 4. The molecule has 0 amide bonds. The van der Waals surface area contributed by atoms with E-state index in [0.29, 0.717) is 0 Å². The standard InChI is InChI=1S/C15H15NO/c17-15(12-13-8-4-3-5-9-13)16-14-10-6-1-2-7-11-14/h1-12,14,16-17H/b15-12-. The van der Waals surface area contributed by atoms with Crippen LogP contribution in [0.25, 0.3) is 6.08 Å². The van der Waals surface area contributed by atoms with Gasteiger partial charge in [-0.1, -0.05) is 66.8 Å². The Hall–Kier alpha value is -2.22. The molecule has 0 spiro atoms. The molecule has 17 heavy (non-hydrogen) atoms. The maximum absolute atomic E-state index is 9.81. The molecule has 2 N–H and O–H groups in total. The number of aliphatic hydroxyl groups excluding tert-OH is 1. The summed E-state index contributed by atoms with van der Waals surface area (Å²) >= 11 is 0. The molecule has 0 bridgehead atoms. The summed E-state index contributed by atoms with van der Waals surface area (Å²) in [7, 11) is 0. The highest BCUT2D eigenvalue weighted by Crippen LogP contribution is 2.05. The molecule has 0 aliphatic heterocycles. The van der Waals surface area contributed by atoms with Gasteiger partial charge in [-0.3, -0.25) is 0 Å². The van der Waals surface area contributed by atoms with Gasteiger partial charge in [0.1, 0.15) is 0 Å². The molecule has 0 radical (unpaired) electrons. The zero-order valence-electron chi connectivity index (χ0n) is 9.45. The third kappa shape index (κ3) is 3.68. The molecule has 2 nitrogen and oxygen atoms in total. The van der Waals surface area contributed by atoms with Crippen LogP contribution >= 0.6 is 0 Å². The number of hydrogen-bond donors (Lipinski definition) is 2. The minimum atomic E-state index is 0.0185. The maximum Gasteiger partial charge on any atom is 0.185 e. The normalized spacial score (nSPS) is 15.9. The van der Waals surface area contributed by atoms with Crippen LogP contribution in [0, 0.1) is 0 Å². The second kappa shape index (κ2) is 5.75. The Morgan fingerprint density at radius 2 is 1.65 bits per heavy atom. The van der Waals surface area contributed by atoms with Gasteiger partial charge in [0.05, 0.1) is 6.04 Å². The van der Waals surface area contributed by atoms with Gasteiger partial charge in [0, 0.05) is 6.08 Å². The lowest BCUT2D eigenvalue weighted by Gasteiger charge is -2.10. The average molecular weight is 225 g/mol. The highest BCUT2D eigenvalue weighted by molar-refractivity contribution is 5.50. The fourth-order valence-electron chi connectivity index (χ4n) is 1.58. The van der Waals surface area contributed by atoms with E-state index < -0.39 is 0 Å². The fraction of sp³-hybridized carbons (Fsp3) is 0.0667. The van der Waals surface area contributed by atoms with Crippen LogP contribution in [0.5, 0.6) is 0 Å². The van der Waals surface area contributed by atoms with Crippen LogP contribution < -0.4 is 5.32 Å². The lowest BCUT2D eigenvalue weighted by atomic mass is 10.2. The Balaban J connectivity index is 2.02. The Morgan fingerprint density at radius 1 is 1.00 bits per heavy atom. The van der Waals surface area contributed by atoms with Gasteiger partial charge in [-0.05, 0) is 5.56 Å². The van der Waals surface area contributed by atoms with Crippen molar-refractivity contribution in [3.05, 3.63) is 78.2 Å². The summed E-state index contributed by atoms with van der Waals surface area (Å²) in [6.07, 6.45) is 13.5. The third-order valence-corrected chi connectivity index (χ3v) is 2.39. The number of benzene rings is 1. The second-order valence-corrected chi connectivity index (χ2v) is 3.77. The van der Waals surface area contributed by atoms with E-state index in [0.717, 1.165) is 5.56 Å². The number of rotatable bonds is 3. The molecule has 0 unspecified atom stereocenters. The van der Waals surface area contributed by atoms with Crippen LogP contribution in [-0.2, 0) is 0 Å². The highest BCUT2D eigenvalue weighted by Gasteiger charge is 2.01. The summed E-state index contributed by atoms with van der Waals surface area (Å²) in [5, 5.41) is 12.8. The smallest absolute Gasteiger partial charge is 0.185 e. The summed E-state index contributed by atoms with van der Waals surface area (Å²) < 4.78 is 0.